The molecular weight excluding hydrogens is 522 g/mol. The van der Waals surface area contributed by atoms with Gasteiger partial charge in [-0.1, -0.05) is 58.4 Å². The van der Waals surface area contributed by atoms with E-state index in [1.807, 2.05) is 62.4 Å². The first-order chi connectivity index (χ1) is 16.9. The molecule has 0 aliphatic rings. The molecule has 176 valence electrons. The molecule has 0 fully saturated rings. The van der Waals surface area contributed by atoms with Crippen LogP contribution in [0.2, 0.25) is 0 Å². The highest BCUT2D eigenvalue weighted by Crippen LogP contribution is 2.28. The van der Waals surface area contributed by atoms with E-state index in [2.05, 4.69) is 26.6 Å². The maximum Gasteiger partial charge on any atom is 0.258 e. The van der Waals surface area contributed by atoms with Gasteiger partial charge in [-0.05, 0) is 79.5 Å². The average molecular weight is 546 g/mol. The first-order valence-electron chi connectivity index (χ1n) is 11.2. The average Bonchev–Trinajstić information content (AvgIpc) is 2.86. The highest BCUT2D eigenvalue weighted by atomic mass is 79.9. The number of benzene rings is 4. The largest absolute Gasteiger partial charge is 0.332 e. The second-order valence-corrected chi connectivity index (χ2v) is 9.26. The molecule has 0 atom stereocenters. The first kappa shape index (κ1) is 24.6. The van der Waals surface area contributed by atoms with Gasteiger partial charge in [0.25, 0.3) is 11.8 Å². The van der Waals surface area contributed by atoms with Crippen molar-refractivity contribution in [3.05, 3.63) is 106 Å². The Morgan fingerprint density at radius 1 is 0.914 bits per heavy atom. The Balaban J connectivity index is 1.45. The number of halogens is 1. The number of anilines is 2. The number of fused-ring (bicyclic) bond motifs is 1. The Labute approximate surface area is 218 Å². The summed E-state index contributed by atoms with van der Waals surface area (Å²) in [4.78, 5) is 27.6. The third-order valence-electron chi connectivity index (χ3n) is 5.67. The van der Waals surface area contributed by atoms with Crippen LogP contribution >= 0.6 is 28.1 Å². The summed E-state index contributed by atoms with van der Waals surface area (Å²) in [7, 11) is 0. The molecule has 5 nitrogen and oxygen atoms in total. The van der Waals surface area contributed by atoms with Gasteiger partial charge in [0.1, 0.15) is 0 Å². The number of thiocarbonyl (C=S) groups is 1. The zero-order valence-corrected chi connectivity index (χ0v) is 21.7. The monoisotopic (exact) mass is 545 g/mol. The van der Waals surface area contributed by atoms with Crippen molar-refractivity contribution in [3.63, 3.8) is 0 Å². The van der Waals surface area contributed by atoms with Gasteiger partial charge in [0.2, 0.25) is 0 Å². The molecule has 0 heterocycles. The van der Waals surface area contributed by atoms with Crippen molar-refractivity contribution in [2.24, 2.45) is 0 Å². The molecule has 35 heavy (non-hydrogen) atoms. The molecule has 7 heteroatoms. The second kappa shape index (κ2) is 10.8. The molecule has 4 aromatic carbocycles. The molecule has 0 saturated carbocycles. The van der Waals surface area contributed by atoms with E-state index in [0.29, 0.717) is 23.4 Å². The van der Waals surface area contributed by atoms with Crippen LogP contribution < -0.4 is 15.5 Å². The molecule has 0 aromatic heterocycles. The van der Waals surface area contributed by atoms with Crippen LogP contribution in [-0.4, -0.2) is 23.5 Å². The minimum absolute atomic E-state index is 0.0868. The summed E-state index contributed by atoms with van der Waals surface area (Å²) in [5.74, 6) is -0.389. The van der Waals surface area contributed by atoms with E-state index < -0.39 is 0 Å². The SMILES string of the molecule is CCN(C(=O)c1ccc(NC(=S)NC(=O)c2ccc(C)c(Br)c2)cc1)c1cccc2ccccc12. The number of hydrogen-bond acceptors (Lipinski definition) is 3. The normalized spacial score (nSPS) is 10.6. The fraction of sp³-hybridized carbons (Fsp3) is 0.107. The number of hydrogen-bond donors (Lipinski definition) is 2. The maximum atomic E-state index is 13.3. The molecule has 0 unspecified atom stereocenters. The fourth-order valence-electron chi connectivity index (χ4n) is 3.79. The van der Waals surface area contributed by atoms with E-state index in [1.165, 1.54) is 0 Å². The van der Waals surface area contributed by atoms with Crippen molar-refractivity contribution in [1.29, 1.82) is 0 Å². The molecule has 0 aliphatic carbocycles. The Kier molecular flexibility index (Phi) is 7.58. The molecule has 0 spiro atoms. The zero-order chi connectivity index (χ0) is 24.9. The molecule has 2 N–H and O–H groups in total. The molecule has 4 aromatic rings. The Hall–Kier alpha value is -3.55. The number of nitrogens with zero attached hydrogens (tertiary/aromatic N) is 1. The van der Waals surface area contributed by atoms with Crippen molar-refractivity contribution in [2.75, 3.05) is 16.8 Å². The minimum atomic E-state index is -0.302. The van der Waals surface area contributed by atoms with Crippen LogP contribution in [0.5, 0.6) is 0 Å². The standard InChI is InChI=1S/C28H24BrN3O2S/c1-3-32(25-10-6-8-19-7-4-5-9-23(19)25)27(34)20-13-15-22(16-14-20)30-28(35)31-26(33)21-12-11-18(2)24(29)17-21/h4-17H,3H2,1-2H3,(H2,30,31,33,35). The van der Waals surface area contributed by atoms with Gasteiger partial charge in [-0.2, -0.15) is 0 Å². The number of amides is 2. The van der Waals surface area contributed by atoms with Crippen LogP contribution in [0.3, 0.4) is 0 Å². The Morgan fingerprint density at radius 2 is 1.60 bits per heavy atom. The molecule has 0 radical (unpaired) electrons. The van der Waals surface area contributed by atoms with Gasteiger partial charge in [0, 0.05) is 33.2 Å². The van der Waals surface area contributed by atoms with Crippen LogP contribution in [0.15, 0.2) is 89.4 Å². The van der Waals surface area contributed by atoms with Crippen molar-refractivity contribution >= 4 is 67.2 Å². The summed E-state index contributed by atoms with van der Waals surface area (Å²) in [5.41, 5.74) is 3.65. The highest BCUT2D eigenvalue weighted by Gasteiger charge is 2.18. The third-order valence-corrected chi connectivity index (χ3v) is 6.73. The second-order valence-electron chi connectivity index (χ2n) is 8.00. The lowest BCUT2D eigenvalue weighted by Crippen LogP contribution is -2.34. The molecule has 0 saturated heterocycles. The van der Waals surface area contributed by atoms with Crippen LogP contribution in [-0.2, 0) is 0 Å². The quantitative estimate of drug-likeness (QED) is 0.274. The van der Waals surface area contributed by atoms with Gasteiger partial charge < -0.3 is 10.2 Å². The highest BCUT2D eigenvalue weighted by molar-refractivity contribution is 9.10. The zero-order valence-electron chi connectivity index (χ0n) is 19.3. The summed E-state index contributed by atoms with van der Waals surface area (Å²) < 4.78 is 0.855. The Bertz CT molecular complexity index is 1410. The summed E-state index contributed by atoms with van der Waals surface area (Å²) >= 11 is 8.73. The summed E-state index contributed by atoms with van der Waals surface area (Å²) in [6, 6.07) is 26.4. The molecule has 0 aliphatic heterocycles. The summed E-state index contributed by atoms with van der Waals surface area (Å²) in [6.45, 7) is 4.45. The smallest absolute Gasteiger partial charge is 0.258 e. The van der Waals surface area contributed by atoms with Gasteiger partial charge >= 0.3 is 0 Å². The van der Waals surface area contributed by atoms with Crippen LogP contribution in [0, 0.1) is 6.92 Å². The van der Waals surface area contributed by atoms with Crippen LogP contribution in [0.25, 0.3) is 10.8 Å². The lowest BCUT2D eigenvalue weighted by molar-refractivity contribution is 0.0973. The number of aryl methyl sites for hydroxylation is 1. The number of rotatable bonds is 5. The van der Waals surface area contributed by atoms with Crippen LogP contribution in [0.1, 0.15) is 33.2 Å². The number of nitrogens with one attached hydrogen (secondary N) is 2. The number of carbonyl (C=O) groups is 2. The minimum Gasteiger partial charge on any atom is -0.332 e. The number of carbonyl (C=O) groups excluding carboxylic acids is 2. The molecule has 2 amide bonds. The van der Waals surface area contributed by atoms with Crippen LogP contribution in [0.4, 0.5) is 11.4 Å². The lowest BCUT2D eigenvalue weighted by atomic mass is 10.1. The Morgan fingerprint density at radius 3 is 2.31 bits per heavy atom. The van der Waals surface area contributed by atoms with E-state index in [0.717, 1.165) is 26.5 Å². The van der Waals surface area contributed by atoms with Crippen molar-refractivity contribution < 1.29 is 9.59 Å². The van der Waals surface area contributed by atoms with E-state index in [4.69, 9.17) is 12.2 Å². The third kappa shape index (κ3) is 5.58. The lowest BCUT2D eigenvalue weighted by Gasteiger charge is -2.23. The predicted molar refractivity (Wildman–Crippen MR) is 150 cm³/mol. The van der Waals surface area contributed by atoms with Crippen molar-refractivity contribution in [3.8, 4) is 0 Å². The van der Waals surface area contributed by atoms with Gasteiger partial charge in [-0.25, -0.2) is 0 Å². The molecular formula is C28H24BrN3O2S. The van der Waals surface area contributed by atoms with Gasteiger partial charge in [-0.3, -0.25) is 14.9 Å². The van der Waals surface area contributed by atoms with Gasteiger partial charge in [0.15, 0.2) is 5.11 Å². The van der Waals surface area contributed by atoms with E-state index in [9.17, 15) is 9.59 Å². The fourth-order valence-corrected chi connectivity index (χ4v) is 4.38. The van der Waals surface area contributed by atoms with E-state index in [1.54, 1.807) is 41.3 Å². The predicted octanol–water partition coefficient (Wildman–Crippen LogP) is 6.70. The summed E-state index contributed by atoms with van der Waals surface area (Å²) in [6.07, 6.45) is 0. The maximum absolute atomic E-state index is 13.3. The van der Waals surface area contributed by atoms with Gasteiger partial charge in [0.05, 0.1) is 5.69 Å². The summed E-state index contributed by atoms with van der Waals surface area (Å²) in [5, 5.41) is 7.97. The topological polar surface area (TPSA) is 61.4 Å². The van der Waals surface area contributed by atoms with E-state index >= 15 is 0 Å². The van der Waals surface area contributed by atoms with Crippen molar-refractivity contribution in [2.45, 2.75) is 13.8 Å². The molecule has 4 rings (SSSR count). The molecule has 0 bridgehead atoms. The van der Waals surface area contributed by atoms with Gasteiger partial charge in [-0.15, -0.1) is 0 Å². The first-order valence-corrected chi connectivity index (χ1v) is 12.4. The van der Waals surface area contributed by atoms with E-state index in [-0.39, 0.29) is 16.9 Å². The van der Waals surface area contributed by atoms with Crippen molar-refractivity contribution in [1.82, 2.24) is 5.32 Å².